The van der Waals surface area contributed by atoms with Crippen LogP contribution >= 0.6 is 34.5 Å². The highest BCUT2D eigenvalue weighted by Crippen LogP contribution is 2.42. The van der Waals surface area contributed by atoms with Crippen LogP contribution in [0.25, 0.3) is 10.8 Å². The molecule has 10 heteroatoms. The van der Waals surface area contributed by atoms with Crippen molar-refractivity contribution in [2.45, 2.75) is 37.3 Å². The van der Waals surface area contributed by atoms with Gasteiger partial charge >= 0.3 is 6.18 Å². The summed E-state index contributed by atoms with van der Waals surface area (Å²) >= 11 is 13.3. The fourth-order valence-electron chi connectivity index (χ4n) is 5.98. The van der Waals surface area contributed by atoms with E-state index in [-0.39, 0.29) is 17.7 Å². The van der Waals surface area contributed by atoms with Crippen molar-refractivity contribution < 1.29 is 18.0 Å². The van der Waals surface area contributed by atoms with Gasteiger partial charge in [0.1, 0.15) is 4.88 Å². The molecule has 0 aliphatic carbocycles. The lowest BCUT2D eigenvalue weighted by Crippen LogP contribution is -2.36. The van der Waals surface area contributed by atoms with Crippen LogP contribution in [0, 0.1) is 11.3 Å². The Kier molecular flexibility index (Phi) is 9.67. The van der Waals surface area contributed by atoms with Gasteiger partial charge in [0.2, 0.25) is 0 Å². The molecule has 0 bridgehead atoms. The van der Waals surface area contributed by atoms with Crippen LogP contribution in [0.5, 0.6) is 0 Å². The Morgan fingerprint density at radius 2 is 1.84 bits per heavy atom. The lowest BCUT2D eigenvalue weighted by atomic mass is 9.89. The van der Waals surface area contributed by atoms with Crippen molar-refractivity contribution in [2.24, 2.45) is 0 Å². The molecule has 1 amide bonds. The smallest absolute Gasteiger partial charge is 0.341 e. The number of nitriles is 1. The lowest BCUT2D eigenvalue weighted by Gasteiger charge is -2.34. The third-order valence-corrected chi connectivity index (χ3v) is 9.97. The second kappa shape index (κ2) is 13.3. The molecule has 1 aromatic heterocycles. The molecule has 0 N–H and O–H groups in total. The summed E-state index contributed by atoms with van der Waals surface area (Å²) in [4.78, 5) is 17.2. The van der Waals surface area contributed by atoms with Crippen LogP contribution in [0.15, 0.2) is 66.0 Å². The van der Waals surface area contributed by atoms with Gasteiger partial charge in [0.05, 0.1) is 21.7 Å². The number of alkyl halides is 3. The Morgan fingerprint density at radius 3 is 2.53 bits per heavy atom. The predicted octanol–water partition coefficient (Wildman–Crippen LogP) is 9.22. The average molecular weight is 645 g/mol. The number of carbonyl (C=O) groups is 1. The van der Waals surface area contributed by atoms with E-state index in [2.05, 4.69) is 11.0 Å². The van der Waals surface area contributed by atoms with E-state index in [1.54, 1.807) is 36.2 Å². The molecular formula is C33H30Cl2F3N3OS. The zero-order chi connectivity index (χ0) is 30.7. The molecule has 2 heterocycles. The van der Waals surface area contributed by atoms with Crippen molar-refractivity contribution in [3.63, 3.8) is 0 Å². The molecule has 4 aromatic rings. The number of piperidine rings is 1. The number of halogens is 5. The van der Waals surface area contributed by atoms with Crippen LogP contribution in [0.4, 0.5) is 13.2 Å². The number of likely N-dealkylation sites (tertiary alicyclic amines) is 1. The van der Waals surface area contributed by atoms with Crippen LogP contribution in [0.3, 0.4) is 0 Å². The highest BCUT2D eigenvalue weighted by Gasteiger charge is 2.37. The third kappa shape index (κ3) is 7.18. The highest BCUT2D eigenvalue weighted by molar-refractivity contribution is 7.10. The van der Waals surface area contributed by atoms with Gasteiger partial charge in [0, 0.05) is 25.1 Å². The van der Waals surface area contributed by atoms with Gasteiger partial charge in [0.15, 0.2) is 0 Å². The first kappa shape index (κ1) is 31.3. The third-order valence-electron chi connectivity index (χ3n) is 8.25. The summed E-state index contributed by atoms with van der Waals surface area (Å²) in [5.74, 6) is -0.358. The van der Waals surface area contributed by atoms with E-state index < -0.39 is 11.1 Å². The standard InChI is InChI=1S/C33H30Cl2F3N3OS/c1-40(32(42)28-17-21(19-39)16-24-4-2-3-5-26(24)28)20-25(23-6-7-29(34)30(35)18-23)10-14-41-12-8-22(9-13-41)27-11-15-43-31(27)33(36,37)38/h2-7,11,15-18,22,25H,8-10,12-14,20H2,1H3/t25-/m1/s1. The van der Waals surface area contributed by atoms with Gasteiger partial charge in [0.25, 0.3) is 5.91 Å². The first-order valence-corrected chi connectivity index (χ1v) is 15.7. The Labute approximate surface area is 263 Å². The summed E-state index contributed by atoms with van der Waals surface area (Å²) in [6.45, 7) is 2.53. The molecule has 1 saturated heterocycles. The van der Waals surface area contributed by atoms with Crippen molar-refractivity contribution in [1.29, 1.82) is 5.26 Å². The molecule has 43 heavy (non-hydrogen) atoms. The number of nitrogens with zero attached hydrogens (tertiary/aromatic N) is 3. The first-order chi connectivity index (χ1) is 20.5. The van der Waals surface area contributed by atoms with Gasteiger partial charge in [-0.05, 0) is 102 Å². The maximum atomic E-state index is 13.7. The summed E-state index contributed by atoms with van der Waals surface area (Å²) in [6, 6.07) is 20.2. The van der Waals surface area contributed by atoms with Crippen LogP contribution in [-0.2, 0) is 6.18 Å². The molecule has 3 aromatic carbocycles. The molecule has 0 radical (unpaired) electrons. The Bertz CT molecular complexity index is 1660. The van der Waals surface area contributed by atoms with Crippen molar-refractivity contribution in [2.75, 3.05) is 33.2 Å². The summed E-state index contributed by atoms with van der Waals surface area (Å²) < 4.78 is 40.4. The summed E-state index contributed by atoms with van der Waals surface area (Å²) in [6.07, 6.45) is -2.28. The quantitative estimate of drug-likeness (QED) is 0.192. The SMILES string of the molecule is CN(C[C@@H](CCN1CCC(c2ccsc2C(F)(F)F)CC1)c1ccc(Cl)c(Cl)c1)C(=O)c1cc(C#N)cc2ccccc12. The molecule has 1 aliphatic rings. The predicted molar refractivity (Wildman–Crippen MR) is 167 cm³/mol. The van der Waals surface area contributed by atoms with Gasteiger partial charge in [-0.15, -0.1) is 11.3 Å². The second-order valence-corrected chi connectivity index (χ2v) is 12.8. The van der Waals surface area contributed by atoms with E-state index in [0.29, 0.717) is 65.6 Å². The summed E-state index contributed by atoms with van der Waals surface area (Å²) in [7, 11) is 1.76. The minimum absolute atomic E-state index is 0.0689. The second-order valence-electron chi connectivity index (χ2n) is 11.0. The summed E-state index contributed by atoms with van der Waals surface area (Å²) in [5.41, 5.74) is 2.26. The fraction of sp³-hybridized carbons (Fsp3) is 0.333. The Hall–Kier alpha value is -3.09. The maximum absolute atomic E-state index is 13.7. The average Bonchev–Trinajstić information content (AvgIpc) is 3.51. The van der Waals surface area contributed by atoms with Crippen molar-refractivity contribution in [1.82, 2.24) is 9.80 Å². The van der Waals surface area contributed by atoms with E-state index in [9.17, 15) is 23.2 Å². The van der Waals surface area contributed by atoms with Crippen LogP contribution in [0.2, 0.25) is 10.0 Å². The van der Waals surface area contributed by atoms with Crippen LogP contribution < -0.4 is 0 Å². The van der Waals surface area contributed by atoms with Crippen molar-refractivity contribution in [3.8, 4) is 6.07 Å². The number of benzene rings is 3. The van der Waals surface area contributed by atoms with Crippen LogP contribution in [0.1, 0.15) is 63.0 Å². The van der Waals surface area contributed by atoms with Gasteiger partial charge in [-0.1, -0.05) is 53.5 Å². The number of hydrogen-bond donors (Lipinski definition) is 0. The Balaban J connectivity index is 1.30. The van der Waals surface area contributed by atoms with Crippen molar-refractivity contribution in [3.05, 3.63) is 103 Å². The highest BCUT2D eigenvalue weighted by atomic mass is 35.5. The minimum atomic E-state index is -4.32. The molecular weight excluding hydrogens is 614 g/mol. The number of amides is 1. The first-order valence-electron chi connectivity index (χ1n) is 14.1. The zero-order valence-corrected chi connectivity index (χ0v) is 25.8. The monoisotopic (exact) mass is 643 g/mol. The number of thiophene rings is 1. The maximum Gasteiger partial charge on any atom is 0.425 e. The fourth-order valence-corrected chi connectivity index (χ4v) is 7.14. The number of carbonyl (C=O) groups excluding carboxylic acids is 1. The molecule has 0 unspecified atom stereocenters. The largest absolute Gasteiger partial charge is 0.425 e. The topological polar surface area (TPSA) is 47.3 Å². The van der Waals surface area contributed by atoms with E-state index >= 15 is 0 Å². The molecule has 0 saturated carbocycles. The number of fused-ring (bicyclic) bond motifs is 1. The molecule has 224 valence electrons. The Morgan fingerprint density at radius 1 is 1.09 bits per heavy atom. The molecule has 1 aliphatic heterocycles. The normalized spacial score (nSPS) is 15.4. The van der Waals surface area contributed by atoms with Crippen molar-refractivity contribution >= 4 is 51.2 Å². The summed E-state index contributed by atoms with van der Waals surface area (Å²) in [5, 5.41) is 13.6. The van der Waals surface area contributed by atoms with E-state index in [4.69, 9.17) is 23.2 Å². The number of hydrogen-bond acceptors (Lipinski definition) is 4. The molecule has 0 spiro atoms. The van der Waals surface area contributed by atoms with E-state index in [0.717, 1.165) is 34.2 Å². The number of rotatable bonds is 8. The molecule has 1 atom stereocenters. The zero-order valence-electron chi connectivity index (χ0n) is 23.5. The van der Waals surface area contributed by atoms with Gasteiger partial charge in [-0.2, -0.15) is 18.4 Å². The molecule has 5 rings (SSSR count). The van der Waals surface area contributed by atoms with E-state index in [1.807, 2.05) is 36.4 Å². The number of likely N-dealkylation sites (N-methyl/N-ethyl adjacent to an activating group) is 1. The van der Waals surface area contributed by atoms with E-state index in [1.165, 1.54) is 5.38 Å². The van der Waals surface area contributed by atoms with Gasteiger partial charge in [-0.25, -0.2) is 0 Å². The molecule has 1 fully saturated rings. The lowest BCUT2D eigenvalue weighted by molar-refractivity contribution is -0.135. The minimum Gasteiger partial charge on any atom is -0.341 e. The molecule has 4 nitrogen and oxygen atoms in total. The van der Waals surface area contributed by atoms with Crippen LogP contribution in [-0.4, -0.2) is 48.9 Å². The van der Waals surface area contributed by atoms with Gasteiger partial charge in [-0.3, -0.25) is 4.79 Å². The van der Waals surface area contributed by atoms with Gasteiger partial charge < -0.3 is 9.80 Å².